The third kappa shape index (κ3) is 5.79. The van der Waals surface area contributed by atoms with Gasteiger partial charge in [-0.15, -0.1) is 0 Å². The van der Waals surface area contributed by atoms with E-state index in [1.807, 2.05) is 12.1 Å². The van der Waals surface area contributed by atoms with Gasteiger partial charge < -0.3 is 5.32 Å². The van der Waals surface area contributed by atoms with Crippen LogP contribution < -0.4 is 10.9 Å². The highest BCUT2D eigenvalue weighted by atomic mass is 35.5. The average Bonchev–Trinajstić information content (AvgIpc) is 2.68. The molecule has 2 aromatic rings. The van der Waals surface area contributed by atoms with Crippen molar-refractivity contribution in [1.82, 2.24) is 15.1 Å². The molecule has 1 aliphatic carbocycles. The fourth-order valence-electron chi connectivity index (χ4n) is 3.20. The van der Waals surface area contributed by atoms with Crippen LogP contribution in [-0.4, -0.2) is 22.2 Å². The SMILES string of the molecule is O=C(CCn1nc(-c2cccc(Cl)c2)ccc1=O)NCCC1=CCCCC1. The second-order valence-corrected chi connectivity index (χ2v) is 7.18. The summed E-state index contributed by atoms with van der Waals surface area (Å²) < 4.78 is 1.33. The highest BCUT2D eigenvalue weighted by Crippen LogP contribution is 2.20. The zero-order valence-electron chi connectivity index (χ0n) is 15.3. The number of aromatic nitrogens is 2. The summed E-state index contributed by atoms with van der Waals surface area (Å²) in [7, 11) is 0. The molecule has 1 aromatic carbocycles. The Labute approximate surface area is 164 Å². The van der Waals surface area contributed by atoms with Crippen LogP contribution in [0.5, 0.6) is 0 Å². The Balaban J connectivity index is 1.54. The molecule has 5 nitrogen and oxygen atoms in total. The Bertz CT molecular complexity index is 889. The first-order valence-corrected chi connectivity index (χ1v) is 9.78. The van der Waals surface area contributed by atoms with Crippen LogP contribution in [0.2, 0.25) is 5.02 Å². The van der Waals surface area contributed by atoms with Crippen LogP contribution in [0.25, 0.3) is 11.3 Å². The number of aryl methyl sites for hydroxylation is 1. The third-order valence-corrected chi connectivity index (χ3v) is 4.93. The molecule has 1 aromatic heterocycles. The zero-order valence-corrected chi connectivity index (χ0v) is 16.0. The Morgan fingerprint density at radius 3 is 2.89 bits per heavy atom. The second kappa shape index (κ2) is 9.51. The summed E-state index contributed by atoms with van der Waals surface area (Å²) >= 11 is 6.02. The summed E-state index contributed by atoms with van der Waals surface area (Å²) in [6.45, 7) is 0.900. The first-order valence-electron chi connectivity index (χ1n) is 9.40. The molecule has 1 aliphatic rings. The standard InChI is InChI=1S/C21H24ClN3O2/c22-18-8-4-7-17(15-18)19-9-10-21(27)25(24-19)14-12-20(26)23-13-11-16-5-2-1-3-6-16/h4-5,7-10,15H,1-3,6,11-14H2,(H,23,26). The molecule has 0 spiro atoms. The molecule has 0 atom stereocenters. The van der Waals surface area contributed by atoms with Gasteiger partial charge in [0.2, 0.25) is 5.91 Å². The molecule has 0 fully saturated rings. The fraction of sp³-hybridized carbons (Fsp3) is 0.381. The van der Waals surface area contributed by atoms with Crippen molar-refractivity contribution in [3.05, 3.63) is 63.4 Å². The van der Waals surface area contributed by atoms with Crippen LogP contribution in [0.4, 0.5) is 0 Å². The molecule has 0 saturated carbocycles. The number of nitrogens with one attached hydrogen (secondary N) is 1. The summed E-state index contributed by atoms with van der Waals surface area (Å²) in [6.07, 6.45) is 8.25. The second-order valence-electron chi connectivity index (χ2n) is 6.75. The Morgan fingerprint density at radius 2 is 2.11 bits per heavy atom. The third-order valence-electron chi connectivity index (χ3n) is 4.69. The van der Waals surface area contributed by atoms with E-state index in [0.717, 1.165) is 24.8 Å². The van der Waals surface area contributed by atoms with Gasteiger partial charge in [0.1, 0.15) is 0 Å². The van der Waals surface area contributed by atoms with E-state index in [0.29, 0.717) is 17.3 Å². The van der Waals surface area contributed by atoms with Crippen molar-refractivity contribution in [3.63, 3.8) is 0 Å². The summed E-state index contributed by atoms with van der Waals surface area (Å²) in [4.78, 5) is 24.1. The van der Waals surface area contributed by atoms with Gasteiger partial charge in [0, 0.05) is 29.6 Å². The van der Waals surface area contributed by atoms with E-state index in [1.54, 1.807) is 18.2 Å². The molecule has 1 heterocycles. The smallest absolute Gasteiger partial charge is 0.266 e. The van der Waals surface area contributed by atoms with Crippen molar-refractivity contribution >= 4 is 17.5 Å². The van der Waals surface area contributed by atoms with E-state index < -0.39 is 0 Å². The maximum Gasteiger partial charge on any atom is 0.266 e. The molecule has 0 aliphatic heterocycles. The lowest BCUT2D eigenvalue weighted by molar-refractivity contribution is -0.121. The van der Waals surface area contributed by atoms with Crippen LogP contribution in [0.3, 0.4) is 0 Å². The van der Waals surface area contributed by atoms with Gasteiger partial charge in [0.05, 0.1) is 12.2 Å². The van der Waals surface area contributed by atoms with Crippen molar-refractivity contribution in [3.8, 4) is 11.3 Å². The molecule has 142 valence electrons. The minimum atomic E-state index is -0.221. The number of allylic oxidation sites excluding steroid dienone is 1. The van der Waals surface area contributed by atoms with Gasteiger partial charge in [-0.2, -0.15) is 5.10 Å². The number of hydrogen-bond acceptors (Lipinski definition) is 3. The average molecular weight is 386 g/mol. The lowest BCUT2D eigenvalue weighted by Gasteiger charge is -2.13. The molecule has 6 heteroatoms. The maximum absolute atomic E-state index is 12.1. The molecule has 0 bridgehead atoms. The first kappa shape index (κ1) is 19.4. The van der Waals surface area contributed by atoms with Crippen LogP contribution in [-0.2, 0) is 11.3 Å². The van der Waals surface area contributed by atoms with E-state index in [-0.39, 0.29) is 24.4 Å². The number of amides is 1. The van der Waals surface area contributed by atoms with Crippen LogP contribution in [0.15, 0.2) is 52.8 Å². The van der Waals surface area contributed by atoms with Crippen molar-refractivity contribution in [2.75, 3.05) is 6.54 Å². The van der Waals surface area contributed by atoms with Gasteiger partial charge in [0.25, 0.3) is 5.56 Å². The molecule has 0 saturated heterocycles. The number of nitrogens with zero attached hydrogens (tertiary/aromatic N) is 2. The van der Waals surface area contributed by atoms with E-state index in [9.17, 15) is 9.59 Å². The summed E-state index contributed by atoms with van der Waals surface area (Å²) in [6, 6.07) is 10.4. The number of benzene rings is 1. The molecule has 1 amide bonds. The van der Waals surface area contributed by atoms with Crippen molar-refractivity contribution in [1.29, 1.82) is 0 Å². The largest absolute Gasteiger partial charge is 0.356 e. The molecule has 27 heavy (non-hydrogen) atoms. The number of carbonyl (C=O) groups excluding carboxylic acids is 1. The van der Waals surface area contributed by atoms with Gasteiger partial charge in [0.15, 0.2) is 0 Å². The van der Waals surface area contributed by atoms with Gasteiger partial charge in [-0.25, -0.2) is 4.68 Å². The predicted octanol–water partition coefficient (Wildman–Crippen LogP) is 3.96. The van der Waals surface area contributed by atoms with Gasteiger partial charge in [-0.1, -0.05) is 35.4 Å². The summed E-state index contributed by atoms with van der Waals surface area (Å²) in [5.74, 6) is -0.0618. The highest BCUT2D eigenvalue weighted by Gasteiger charge is 2.08. The minimum absolute atomic E-state index is 0.0618. The predicted molar refractivity (Wildman–Crippen MR) is 108 cm³/mol. The van der Waals surface area contributed by atoms with E-state index in [2.05, 4.69) is 16.5 Å². The van der Waals surface area contributed by atoms with Gasteiger partial charge in [-0.05, 0) is 50.3 Å². The Hall–Kier alpha value is -2.40. The Kier molecular flexibility index (Phi) is 6.82. The summed E-state index contributed by atoms with van der Waals surface area (Å²) in [5, 5.41) is 7.91. The molecule has 3 rings (SSSR count). The van der Waals surface area contributed by atoms with Crippen molar-refractivity contribution in [2.24, 2.45) is 0 Å². The molecular weight excluding hydrogens is 362 g/mol. The van der Waals surface area contributed by atoms with Crippen molar-refractivity contribution in [2.45, 2.75) is 45.1 Å². The van der Waals surface area contributed by atoms with Crippen molar-refractivity contribution < 1.29 is 4.79 Å². The molecule has 1 N–H and O–H groups in total. The topological polar surface area (TPSA) is 64.0 Å². The number of carbonyl (C=O) groups is 1. The van der Waals surface area contributed by atoms with E-state index in [1.165, 1.54) is 29.2 Å². The summed E-state index contributed by atoms with van der Waals surface area (Å²) in [5.41, 5.74) is 2.71. The molecule has 0 unspecified atom stereocenters. The van der Waals surface area contributed by atoms with E-state index >= 15 is 0 Å². The zero-order chi connectivity index (χ0) is 19.1. The highest BCUT2D eigenvalue weighted by molar-refractivity contribution is 6.30. The maximum atomic E-state index is 12.1. The number of hydrogen-bond donors (Lipinski definition) is 1. The molecule has 0 radical (unpaired) electrons. The number of halogens is 1. The monoisotopic (exact) mass is 385 g/mol. The van der Waals surface area contributed by atoms with Gasteiger partial charge in [-0.3, -0.25) is 9.59 Å². The van der Waals surface area contributed by atoms with Crippen LogP contribution >= 0.6 is 11.6 Å². The minimum Gasteiger partial charge on any atom is -0.356 e. The van der Waals surface area contributed by atoms with Crippen LogP contribution in [0, 0.1) is 0 Å². The molecular formula is C21H24ClN3O2. The first-order chi connectivity index (χ1) is 13.1. The number of rotatable bonds is 7. The Morgan fingerprint density at radius 1 is 1.22 bits per heavy atom. The van der Waals surface area contributed by atoms with E-state index in [4.69, 9.17) is 11.6 Å². The van der Waals surface area contributed by atoms with Crippen LogP contribution in [0.1, 0.15) is 38.5 Å². The quantitative estimate of drug-likeness (QED) is 0.733. The fourth-order valence-corrected chi connectivity index (χ4v) is 3.39. The lowest BCUT2D eigenvalue weighted by atomic mass is 9.97. The normalized spacial score (nSPS) is 13.9. The van der Waals surface area contributed by atoms with Gasteiger partial charge >= 0.3 is 0 Å². The lowest BCUT2D eigenvalue weighted by Crippen LogP contribution is -2.29.